The van der Waals surface area contributed by atoms with Crippen molar-refractivity contribution in [1.29, 1.82) is 0 Å². The van der Waals surface area contributed by atoms with Crippen molar-refractivity contribution in [2.24, 2.45) is 0 Å². The van der Waals surface area contributed by atoms with Gasteiger partial charge in [-0.3, -0.25) is 9.59 Å². The number of aromatic amines is 1. The normalized spacial score (nSPS) is 13.9. The zero-order valence-corrected chi connectivity index (χ0v) is 14.6. The van der Waals surface area contributed by atoms with Crippen LogP contribution in [0.1, 0.15) is 33.7 Å². The van der Waals surface area contributed by atoms with E-state index in [4.69, 9.17) is 4.74 Å². The zero-order valence-electron chi connectivity index (χ0n) is 14.6. The molecule has 27 heavy (non-hydrogen) atoms. The smallest absolute Gasteiger partial charge is 0.355 e. The summed E-state index contributed by atoms with van der Waals surface area (Å²) in [7, 11) is 0. The van der Waals surface area contributed by atoms with E-state index in [1.54, 1.807) is 35.2 Å². The molecule has 4 rings (SSSR count). The summed E-state index contributed by atoms with van der Waals surface area (Å²) >= 11 is 0. The molecule has 0 radical (unpaired) electrons. The highest BCUT2D eigenvalue weighted by atomic mass is 16.5. The Morgan fingerprint density at radius 1 is 1.07 bits per heavy atom. The van der Waals surface area contributed by atoms with Crippen LogP contribution in [0.4, 0.5) is 5.69 Å². The van der Waals surface area contributed by atoms with E-state index in [2.05, 4.69) is 4.98 Å². The highest BCUT2D eigenvalue weighted by molar-refractivity contribution is 6.02. The Kier molecular flexibility index (Phi) is 4.46. The summed E-state index contributed by atoms with van der Waals surface area (Å²) in [6.45, 7) is 0.303. The molecule has 1 fully saturated rings. The van der Waals surface area contributed by atoms with Gasteiger partial charge in [0, 0.05) is 35.1 Å². The van der Waals surface area contributed by atoms with Crippen LogP contribution in [0.3, 0.4) is 0 Å². The van der Waals surface area contributed by atoms with Gasteiger partial charge < -0.3 is 14.6 Å². The van der Waals surface area contributed by atoms with Gasteiger partial charge in [-0.1, -0.05) is 30.3 Å². The number of hydrogen-bond acceptors (Lipinski definition) is 4. The molecule has 3 aromatic rings. The predicted octanol–water partition coefficient (Wildman–Crippen LogP) is 3.33. The lowest BCUT2D eigenvalue weighted by atomic mass is 10.1. The number of carbonyl (C=O) groups is 3. The van der Waals surface area contributed by atoms with Crippen LogP contribution in [-0.2, 0) is 9.53 Å². The van der Waals surface area contributed by atoms with Gasteiger partial charge in [-0.25, -0.2) is 4.79 Å². The topological polar surface area (TPSA) is 79.5 Å². The third-order valence-electron chi connectivity index (χ3n) is 4.64. The minimum absolute atomic E-state index is 0.0600. The van der Waals surface area contributed by atoms with Crippen LogP contribution in [0.25, 0.3) is 10.9 Å². The predicted molar refractivity (Wildman–Crippen MR) is 101 cm³/mol. The van der Waals surface area contributed by atoms with Gasteiger partial charge in [0.2, 0.25) is 5.91 Å². The second kappa shape index (κ2) is 7.07. The van der Waals surface area contributed by atoms with E-state index >= 15 is 0 Å². The lowest BCUT2D eigenvalue weighted by Crippen LogP contribution is -2.24. The maximum absolute atomic E-state index is 12.4. The summed E-state index contributed by atoms with van der Waals surface area (Å²) in [5, 5.41) is 0.902. The molecule has 0 atom stereocenters. The van der Waals surface area contributed by atoms with Crippen LogP contribution >= 0.6 is 0 Å². The number of ether oxygens (including phenoxy) is 1. The number of nitrogens with one attached hydrogen (secondary N) is 1. The third kappa shape index (κ3) is 3.46. The van der Waals surface area contributed by atoms with Crippen molar-refractivity contribution in [2.45, 2.75) is 12.8 Å². The summed E-state index contributed by atoms with van der Waals surface area (Å²) in [6, 6.07) is 16.1. The van der Waals surface area contributed by atoms with Gasteiger partial charge in [-0.2, -0.15) is 0 Å². The Morgan fingerprint density at radius 3 is 2.70 bits per heavy atom. The number of rotatable bonds is 5. The molecule has 1 amide bonds. The minimum atomic E-state index is -0.578. The van der Waals surface area contributed by atoms with Crippen LogP contribution in [0.5, 0.6) is 0 Å². The molecule has 0 saturated carbocycles. The second-order valence-electron chi connectivity index (χ2n) is 6.47. The first-order valence-corrected chi connectivity index (χ1v) is 8.80. The molecule has 0 spiro atoms. The van der Waals surface area contributed by atoms with E-state index in [9.17, 15) is 14.4 Å². The van der Waals surface area contributed by atoms with Crippen molar-refractivity contribution in [1.82, 2.24) is 4.98 Å². The number of hydrogen-bond donors (Lipinski definition) is 1. The fraction of sp³-hybridized carbons (Fsp3) is 0.190. The minimum Gasteiger partial charge on any atom is -0.453 e. The van der Waals surface area contributed by atoms with Crippen molar-refractivity contribution in [3.63, 3.8) is 0 Å². The summed E-state index contributed by atoms with van der Waals surface area (Å²) < 4.78 is 5.16. The average molecular weight is 362 g/mol. The highest BCUT2D eigenvalue weighted by Crippen LogP contribution is 2.22. The van der Waals surface area contributed by atoms with Crippen LogP contribution in [-0.4, -0.2) is 35.8 Å². The molecule has 1 aliphatic heterocycles. The van der Waals surface area contributed by atoms with E-state index in [1.807, 2.05) is 24.3 Å². The molecular weight excluding hydrogens is 344 g/mol. The summed E-state index contributed by atoms with van der Waals surface area (Å²) in [5.74, 6) is -0.830. The van der Waals surface area contributed by atoms with Gasteiger partial charge in [-0.15, -0.1) is 0 Å². The first-order valence-electron chi connectivity index (χ1n) is 8.80. The van der Waals surface area contributed by atoms with E-state index in [-0.39, 0.29) is 18.3 Å². The van der Waals surface area contributed by atoms with Crippen LogP contribution in [0.15, 0.2) is 54.6 Å². The van der Waals surface area contributed by atoms with Gasteiger partial charge in [-0.05, 0) is 30.7 Å². The first kappa shape index (κ1) is 17.0. The third-order valence-corrected chi connectivity index (χ3v) is 4.64. The van der Waals surface area contributed by atoms with E-state index in [0.29, 0.717) is 29.9 Å². The van der Waals surface area contributed by atoms with Gasteiger partial charge in [0.1, 0.15) is 5.69 Å². The van der Waals surface area contributed by atoms with Crippen LogP contribution in [0.2, 0.25) is 0 Å². The molecule has 6 nitrogen and oxygen atoms in total. The quantitative estimate of drug-likeness (QED) is 0.558. The number of amides is 1. The maximum atomic E-state index is 12.4. The van der Waals surface area contributed by atoms with Crippen molar-refractivity contribution in [3.8, 4) is 0 Å². The standard InChI is InChI=1S/C21H18N2O4/c24-19(15-6-3-7-16(11-15)23-10-4-9-20(23)25)13-27-21(26)18-12-14-5-1-2-8-17(14)22-18/h1-3,5-8,11-12,22H,4,9-10,13H2. The molecular formula is C21H18N2O4. The molecule has 6 heteroatoms. The fourth-order valence-corrected chi connectivity index (χ4v) is 3.24. The number of anilines is 1. The largest absolute Gasteiger partial charge is 0.453 e. The van der Waals surface area contributed by atoms with Gasteiger partial charge >= 0.3 is 5.97 Å². The molecule has 0 bridgehead atoms. The van der Waals surface area contributed by atoms with Gasteiger partial charge in [0.15, 0.2) is 12.4 Å². The number of esters is 1. The monoisotopic (exact) mass is 362 g/mol. The molecule has 2 aromatic carbocycles. The van der Waals surface area contributed by atoms with Gasteiger partial charge in [0.05, 0.1) is 0 Å². The molecule has 1 aromatic heterocycles. The Labute approximate surface area is 155 Å². The first-order chi connectivity index (χ1) is 13.1. The molecule has 2 heterocycles. The Morgan fingerprint density at radius 2 is 1.93 bits per heavy atom. The Bertz CT molecular complexity index is 1000. The summed E-state index contributed by atoms with van der Waals surface area (Å²) in [6.07, 6.45) is 1.35. The Balaban J connectivity index is 1.43. The van der Waals surface area contributed by atoms with E-state index in [0.717, 1.165) is 17.3 Å². The number of carbonyl (C=O) groups excluding carboxylic acids is 3. The SMILES string of the molecule is O=C(COC(=O)c1cc2ccccc2[nH]1)c1cccc(N2CCCC2=O)c1. The molecule has 1 aliphatic rings. The number of Topliss-reactive ketones (excluding diaryl/α,β-unsaturated/α-hetero) is 1. The molecule has 1 saturated heterocycles. The molecule has 0 unspecified atom stereocenters. The van der Waals surface area contributed by atoms with E-state index in [1.165, 1.54) is 0 Å². The lowest BCUT2D eigenvalue weighted by Gasteiger charge is -2.16. The van der Waals surface area contributed by atoms with Crippen molar-refractivity contribution >= 4 is 34.3 Å². The van der Waals surface area contributed by atoms with E-state index < -0.39 is 5.97 Å². The van der Waals surface area contributed by atoms with Crippen LogP contribution in [0, 0.1) is 0 Å². The number of aromatic nitrogens is 1. The van der Waals surface area contributed by atoms with Crippen LogP contribution < -0.4 is 4.90 Å². The number of benzene rings is 2. The highest BCUT2D eigenvalue weighted by Gasteiger charge is 2.22. The number of para-hydroxylation sites is 1. The molecule has 136 valence electrons. The summed E-state index contributed by atoms with van der Waals surface area (Å²) in [4.78, 5) is 41.1. The van der Waals surface area contributed by atoms with Gasteiger partial charge in [0.25, 0.3) is 0 Å². The number of fused-ring (bicyclic) bond motifs is 1. The summed E-state index contributed by atoms with van der Waals surface area (Å²) in [5.41, 5.74) is 2.25. The maximum Gasteiger partial charge on any atom is 0.355 e. The number of ketones is 1. The molecule has 0 aliphatic carbocycles. The average Bonchev–Trinajstić information content (AvgIpc) is 3.32. The Hall–Kier alpha value is -3.41. The molecule has 1 N–H and O–H groups in total. The number of H-pyrrole nitrogens is 1. The second-order valence-corrected chi connectivity index (χ2v) is 6.47. The van der Waals surface area contributed by atoms with Crippen molar-refractivity contribution in [2.75, 3.05) is 18.1 Å². The van der Waals surface area contributed by atoms with Crippen molar-refractivity contribution < 1.29 is 19.1 Å². The zero-order chi connectivity index (χ0) is 18.8. The number of nitrogens with zero attached hydrogens (tertiary/aromatic N) is 1. The van der Waals surface area contributed by atoms with Crippen molar-refractivity contribution in [3.05, 3.63) is 65.9 Å². The fourth-order valence-electron chi connectivity index (χ4n) is 3.24. The lowest BCUT2D eigenvalue weighted by molar-refractivity contribution is -0.117.